The van der Waals surface area contributed by atoms with Gasteiger partial charge in [-0.2, -0.15) is 0 Å². The predicted octanol–water partition coefficient (Wildman–Crippen LogP) is 3.03. The Balaban J connectivity index is 1.45. The first-order valence-corrected chi connectivity index (χ1v) is 10.6. The standard InChI is InChI=1S/C24H31N3O4/c1-24(2,30)19-6-4-5-18(15-19)22(28)27-13-11-20(12-14-27)26-23(29)25-16-17-7-9-21(31-3)10-8-17/h4-10,15,20,30H,11-14,16H2,1-3H3,(H2,25,26,29). The van der Waals surface area contributed by atoms with Gasteiger partial charge in [-0.25, -0.2) is 4.79 Å². The van der Waals surface area contributed by atoms with Crippen LogP contribution < -0.4 is 15.4 Å². The van der Waals surface area contributed by atoms with E-state index in [2.05, 4.69) is 10.6 Å². The maximum atomic E-state index is 12.8. The van der Waals surface area contributed by atoms with Crippen molar-refractivity contribution >= 4 is 11.9 Å². The number of nitrogens with one attached hydrogen (secondary N) is 2. The third-order valence-corrected chi connectivity index (χ3v) is 5.55. The van der Waals surface area contributed by atoms with Crippen LogP contribution in [0, 0.1) is 0 Å². The number of rotatable bonds is 6. The number of hydrogen-bond acceptors (Lipinski definition) is 4. The first-order valence-electron chi connectivity index (χ1n) is 10.6. The van der Waals surface area contributed by atoms with E-state index in [1.807, 2.05) is 30.3 Å². The van der Waals surface area contributed by atoms with E-state index in [4.69, 9.17) is 4.74 Å². The lowest BCUT2D eigenvalue weighted by Gasteiger charge is -2.32. The minimum Gasteiger partial charge on any atom is -0.497 e. The number of aliphatic hydroxyl groups is 1. The summed E-state index contributed by atoms with van der Waals surface area (Å²) in [5, 5.41) is 16.1. The first-order chi connectivity index (χ1) is 14.8. The summed E-state index contributed by atoms with van der Waals surface area (Å²) in [5.41, 5.74) is 1.28. The second kappa shape index (κ2) is 9.83. The summed E-state index contributed by atoms with van der Waals surface area (Å²) in [6.45, 7) is 5.00. The molecule has 3 amide bonds. The van der Waals surface area contributed by atoms with Crippen LogP contribution in [0.15, 0.2) is 48.5 Å². The van der Waals surface area contributed by atoms with Crippen LogP contribution in [0.4, 0.5) is 4.79 Å². The van der Waals surface area contributed by atoms with E-state index in [1.165, 1.54) is 0 Å². The van der Waals surface area contributed by atoms with Crippen LogP contribution in [0.25, 0.3) is 0 Å². The Labute approximate surface area is 183 Å². The Morgan fingerprint density at radius 1 is 1.13 bits per heavy atom. The molecule has 1 aliphatic rings. The normalized spacial score (nSPS) is 14.8. The molecule has 7 heteroatoms. The van der Waals surface area contributed by atoms with E-state index < -0.39 is 5.60 Å². The maximum Gasteiger partial charge on any atom is 0.315 e. The molecule has 0 radical (unpaired) electrons. The summed E-state index contributed by atoms with van der Waals surface area (Å²) in [7, 11) is 1.62. The van der Waals surface area contributed by atoms with E-state index in [1.54, 1.807) is 44.1 Å². The molecule has 2 aromatic carbocycles. The van der Waals surface area contributed by atoms with Gasteiger partial charge in [0.25, 0.3) is 5.91 Å². The van der Waals surface area contributed by atoms with Crippen LogP contribution in [0.3, 0.4) is 0 Å². The number of amides is 3. The average molecular weight is 426 g/mol. The number of urea groups is 1. The van der Waals surface area contributed by atoms with Crippen LogP contribution in [0.5, 0.6) is 5.75 Å². The van der Waals surface area contributed by atoms with Gasteiger partial charge in [-0.05, 0) is 62.1 Å². The Morgan fingerprint density at radius 2 is 1.81 bits per heavy atom. The highest BCUT2D eigenvalue weighted by molar-refractivity contribution is 5.94. The fourth-order valence-corrected chi connectivity index (χ4v) is 3.60. The van der Waals surface area contributed by atoms with Gasteiger partial charge in [0.05, 0.1) is 12.7 Å². The molecule has 0 unspecified atom stereocenters. The van der Waals surface area contributed by atoms with Gasteiger partial charge in [0.2, 0.25) is 0 Å². The van der Waals surface area contributed by atoms with Crippen molar-refractivity contribution in [2.24, 2.45) is 0 Å². The highest BCUT2D eigenvalue weighted by atomic mass is 16.5. The zero-order valence-electron chi connectivity index (χ0n) is 18.4. The molecule has 0 spiro atoms. The number of nitrogens with zero attached hydrogens (tertiary/aromatic N) is 1. The minimum atomic E-state index is -0.994. The molecule has 0 atom stereocenters. The zero-order valence-corrected chi connectivity index (χ0v) is 18.4. The van der Waals surface area contributed by atoms with Crippen molar-refractivity contribution in [2.75, 3.05) is 20.2 Å². The molecular weight excluding hydrogens is 394 g/mol. The SMILES string of the molecule is COc1ccc(CNC(=O)NC2CCN(C(=O)c3cccc(C(C)(C)O)c3)CC2)cc1. The number of carbonyl (C=O) groups excluding carboxylic acids is 2. The summed E-state index contributed by atoms with van der Waals surface area (Å²) < 4.78 is 5.13. The van der Waals surface area contributed by atoms with E-state index in [9.17, 15) is 14.7 Å². The maximum absolute atomic E-state index is 12.8. The topological polar surface area (TPSA) is 90.9 Å². The minimum absolute atomic E-state index is 0.0302. The second-order valence-corrected chi connectivity index (χ2v) is 8.38. The summed E-state index contributed by atoms with van der Waals surface area (Å²) >= 11 is 0. The summed E-state index contributed by atoms with van der Waals surface area (Å²) in [4.78, 5) is 26.9. The van der Waals surface area contributed by atoms with Crippen molar-refractivity contribution in [2.45, 2.75) is 44.9 Å². The van der Waals surface area contributed by atoms with Gasteiger partial charge in [-0.3, -0.25) is 4.79 Å². The number of carbonyl (C=O) groups is 2. The molecule has 0 saturated carbocycles. The number of benzene rings is 2. The van der Waals surface area contributed by atoms with Gasteiger partial charge in [0.1, 0.15) is 5.75 Å². The Bertz CT molecular complexity index is 898. The Kier molecular flexibility index (Phi) is 7.17. The van der Waals surface area contributed by atoms with E-state index >= 15 is 0 Å². The second-order valence-electron chi connectivity index (χ2n) is 8.38. The van der Waals surface area contributed by atoms with Crippen LogP contribution in [-0.2, 0) is 12.1 Å². The first kappa shape index (κ1) is 22.6. The number of piperidine rings is 1. The van der Waals surface area contributed by atoms with Gasteiger partial charge >= 0.3 is 6.03 Å². The number of likely N-dealkylation sites (tertiary alicyclic amines) is 1. The molecule has 1 aliphatic heterocycles. The molecule has 1 heterocycles. The number of ether oxygens (including phenoxy) is 1. The lowest BCUT2D eigenvalue weighted by atomic mass is 9.96. The molecular formula is C24H31N3O4. The van der Waals surface area contributed by atoms with Gasteiger partial charge in [0, 0.05) is 31.2 Å². The molecule has 2 aromatic rings. The van der Waals surface area contributed by atoms with Crippen molar-refractivity contribution in [3.8, 4) is 5.75 Å². The summed E-state index contributed by atoms with van der Waals surface area (Å²) in [6, 6.07) is 14.5. The highest BCUT2D eigenvalue weighted by Gasteiger charge is 2.25. The Hall–Kier alpha value is -3.06. The molecule has 31 heavy (non-hydrogen) atoms. The number of methoxy groups -OCH3 is 1. The van der Waals surface area contributed by atoms with Crippen molar-refractivity contribution in [1.29, 1.82) is 0 Å². The van der Waals surface area contributed by atoms with Crippen LogP contribution in [0.1, 0.15) is 48.2 Å². The molecule has 3 rings (SSSR count). The van der Waals surface area contributed by atoms with E-state index in [0.717, 1.165) is 11.3 Å². The monoisotopic (exact) mass is 425 g/mol. The molecule has 0 aromatic heterocycles. The molecule has 0 bridgehead atoms. The van der Waals surface area contributed by atoms with Gasteiger partial charge in [-0.15, -0.1) is 0 Å². The van der Waals surface area contributed by atoms with Crippen molar-refractivity contribution in [3.63, 3.8) is 0 Å². The van der Waals surface area contributed by atoms with Crippen molar-refractivity contribution in [1.82, 2.24) is 15.5 Å². The van der Waals surface area contributed by atoms with Crippen LogP contribution >= 0.6 is 0 Å². The fraction of sp³-hybridized carbons (Fsp3) is 0.417. The number of hydrogen-bond donors (Lipinski definition) is 3. The lowest BCUT2D eigenvalue weighted by Crippen LogP contribution is -2.49. The Morgan fingerprint density at radius 3 is 2.42 bits per heavy atom. The van der Waals surface area contributed by atoms with E-state index in [-0.39, 0.29) is 18.0 Å². The quantitative estimate of drug-likeness (QED) is 0.664. The predicted molar refractivity (Wildman–Crippen MR) is 119 cm³/mol. The zero-order chi connectivity index (χ0) is 22.4. The molecule has 7 nitrogen and oxygen atoms in total. The molecule has 0 aliphatic carbocycles. The van der Waals surface area contributed by atoms with Crippen LogP contribution in [-0.4, -0.2) is 48.2 Å². The largest absolute Gasteiger partial charge is 0.497 e. The average Bonchev–Trinajstić information content (AvgIpc) is 2.77. The molecule has 166 valence electrons. The molecule has 1 saturated heterocycles. The third kappa shape index (κ3) is 6.21. The van der Waals surface area contributed by atoms with E-state index in [0.29, 0.717) is 43.6 Å². The lowest BCUT2D eigenvalue weighted by molar-refractivity contribution is 0.0704. The molecule has 1 fully saturated rings. The molecule has 3 N–H and O–H groups in total. The van der Waals surface area contributed by atoms with Crippen LogP contribution in [0.2, 0.25) is 0 Å². The van der Waals surface area contributed by atoms with Gasteiger partial charge < -0.3 is 25.4 Å². The van der Waals surface area contributed by atoms with Crippen molar-refractivity contribution < 1.29 is 19.4 Å². The highest BCUT2D eigenvalue weighted by Crippen LogP contribution is 2.22. The third-order valence-electron chi connectivity index (χ3n) is 5.55. The van der Waals surface area contributed by atoms with Gasteiger partial charge in [0.15, 0.2) is 0 Å². The van der Waals surface area contributed by atoms with Crippen molar-refractivity contribution in [3.05, 3.63) is 65.2 Å². The fourth-order valence-electron chi connectivity index (χ4n) is 3.60. The summed E-state index contributed by atoms with van der Waals surface area (Å²) in [5.74, 6) is 0.731. The smallest absolute Gasteiger partial charge is 0.315 e. The van der Waals surface area contributed by atoms with Gasteiger partial charge in [-0.1, -0.05) is 24.3 Å². The summed E-state index contributed by atoms with van der Waals surface area (Å²) in [6.07, 6.45) is 1.40.